The van der Waals surface area contributed by atoms with Gasteiger partial charge in [-0.25, -0.2) is 0 Å². The number of allylic oxidation sites excluding steroid dienone is 1. The largest absolute Gasteiger partial charge is 0.389 e. The SMILES string of the molecule is CC1=C2C(C)C(C)[C@]3(C)C(C)CC4OC[C@@]4(O)C3C(C)C(C)(CC1O)C2(C)C.[Ac]. The van der Waals surface area contributed by atoms with Gasteiger partial charge in [0, 0.05) is 50.0 Å². The Balaban J connectivity index is 0.00000240. The topological polar surface area (TPSA) is 49.7 Å². The van der Waals surface area contributed by atoms with Crippen molar-refractivity contribution in [1.29, 1.82) is 0 Å². The summed E-state index contributed by atoms with van der Waals surface area (Å²) in [4.78, 5) is 0. The molecule has 4 aliphatic rings. The van der Waals surface area contributed by atoms with Crippen LogP contribution in [0.3, 0.4) is 0 Å². The molecule has 1 heterocycles. The summed E-state index contributed by atoms with van der Waals surface area (Å²) in [6.07, 6.45) is 1.33. The fourth-order valence-electron chi connectivity index (χ4n) is 8.69. The van der Waals surface area contributed by atoms with Crippen molar-refractivity contribution in [1.82, 2.24) is 0 Å². The summed E-state index contributed by atoms with van der Waals surface area (Å²) < 4.78 is 5.90. The maximum absolute atomic E-state index is 11.9. The predicted molar refractivity (Wildman–Crippen MR) is 113 cm³/mol. The first-order valence-electron chi connectivity index (χ1n) is 11.5. The minimum atomic E-state index is -0.730. The van der Waals surface area contributed by atoms with E-state index in [9.17, 15) is 10.2 Å². The van der Waals surface area contributed by atoms with E-state index in [-0.39, 0.29) is 78.4 Å². The molecular formula is C25H42AcO3. The van der Waals surface area contributed by atoms with Crippen molar-refractivity contribution in [3.63, 3.8) is 0 Å². The first kappa shape index (κ1) is 24.7. The molecule has 4 heteroatoms. The molecule has 1 aliphatic heterocycles. The third kappa shape index (κ3) is 2.81. The van der Waals surface area contributed by atoms with Crippen molar-refractivity contribution >= 4 is 0 Å². The molecule has 0 aromatic rings. The summed E-state index contributed by atoms with van der Waals surface area (Å²) in [7, 11) is 0. The van der Waals surface area contributed by atoms with Gasteiger partial charge in [-0.3, -0.25) is 0 Å². The van der Waals surface area contributed by atoms with Crippen molar-refractivity contribution in [3.8, 4) is 0 Å². The number of hydrogen-bond donors (Lipinski definition) is 2. The van der Waals surface area contributed by atoms with Gasteiger partial charge in [-0.1, -0.05) is 61.0 Å². The number of hydrogen-bond acceptors (Lipinski definition) is 3. The van der Waals surface area contributed by atoms with Crippen LogP contribution in [0, 0.1) is 89.9 Å². The first-order chi connectivity index (χ1) is 12.7. The van der Waals surface area contributed by atoms with Gasteiger partial charge in [0.2, 0.25) is 0 Å². The zero-order chi connectivity index (χ0) is 21.0. The second-order valence-corrected chi connectivity index (χ2v) is 12.0. The van der Waals surface area contributed by atoms with Crippen LogP contribution < -0.4 is 0 Å². The Morgan fingerprint density at radius 3 is 2.10 bits per heavy atom. The minimum Gasteiger partial charge on any atom is -0.389 e. The molecule has 3 nitrogen and oxygen atoms in total. The quantitative estimate of drug-likeness (QED) is 0.384. The first-order valence-corrected chi connectivity index (χ1v) is 11.5. The molecule has 0 aromatic heterocycles. The van der Waals surface area contributed by atoms with Crippen molar-refractivity contribution < 1.29 is 59.0 Å². The average Bonchev–Trinajstić information content (AvgIpc) is 2.60. The van der Waals surface area contributed by atoms with Crippen LogP contribution in [0.15, 0.2) is 11.1 Å². The van der Waals surface area contributed by atoms with Gasteiger partial charge in [0.05, 0.1) is 18.8 Å². The van der Waals surface area contributed by atoms with Gasteiger partial charge in [0.15, 0.2) is 0 Å². The van der Waals surface area contributed by atoms with Crippen molar-refractivity contribution in [2.75, 3.05) is 6.61 Å². The minimum absolute atomic E-state index is 0. The molecule has 163 valence electrons. The van der Waals surface area contributed by atoms with Gasteiger partial charge in [-0.05, 0) is 65.3 Å². The van der Waals surface area contributed by atoms with Crippen LogP contribution in [0.1, 0.15) is 75.2 Å². The second kappa shape index (κ2) is 7.28. The van der Waals surface area contributed by atoms with Crippen LogP contribution in [-0.4, -0.2) is 34.6 Å². The molecule has 3 fully saturated rings. The molecule has 4 rings (SSSR count). The molecule has 2 N–H and O–H groups in total. The number of rotatable bonds is 0. The summed E-state index contributed by atoms with van der Waals surface area (Å²) in [6, 6.07) is 0. The molecule has 8 unspecified atom stereocenters. The van der Waals surface area contributed by atoms with Crippen LogP contribution in [0.2, 0.25) is 0 Å². The van der Waals surface area contributed by atoms with Crippen LogP contribution in [0.25, 0.3) is 0 Å². The second-order valence-electron chi connectivity index (χ2n) is 12.0. The van der Waals surface area contributed by atoms with E-state index in [1.165, 1.54) is 11.1 Å². The molecule has 2 bridgehead atoms. The van der Waals surface area contributed by atoms with Gasteiger partial charge in [-0.15, -0.1) is 0 Å². The van der Waals surface area contributed by atoms with E-state index >= 15 is 0 Å². The van der Waals surface area contributed by atoms with E-state index in [2.05, 4.69) is 62.3 Å². The number of fused-ring (bicyclic) bond motifs is 5. The van der Waals surface area contributed by atoms with Crippen molar-refractivity contribution in [2.24, 2.45) is 45.8 Å². The zero-order valence-electron chi connectivity index (χ0n) is 20.0. The Morgan fingerprint density at radius 1 is 1.00 bits per heavy atom. The van der Waals surface area contributed by atoms with Gasteiger partial charge in [0.25, 0.3) is 0 Å². The Hall–Kier alpha value is 1.06. The van der Waals surface area contributed by atoms with Gasteiger partial charge in [-0.2, -0.15) is 0 Å². The molecule has 3 aliphatic carbocycles. The fraction of sp³-hybridized carbons (Fsp3) is 0.920. The molecule has 29 heavy (non-hydrogen) atoms. The van der Waals surface area contributed by atoms with Gasteiger partial charge >= 0.3 is 0 Å². The Kier molecular flexibility index (Phi) is 6.20. The van der Waals surface area contributed by atoms with Crippen LogP contribution in [0.4, 0.5) is 0 Å². The monoisotopic (exact) mass is 617 g/mol. The standard InChI is InChI=1S/C25H42O3.Ac/c1-13-10-19-25(27,12-28-19)21-17(5)23(8)11-18(26)15(3)20(22(23,6)7)14(2)16(4)24(13,21)9;/h13-14,16-19,21,26-27H,10-12H2,1-9H3;/t13?,14?,16?,17?,18?,19?,21?,23?,24-,25-;/m0./s1. The molecule has 10 atom stereocenters. The third-order valence-electron chi connectivity index (χ3n) is 11.2. The summed E-state index contributed by atoms with van der Waals surface area (Å²) in [6.45, 7) is 21.8. The Morgan fingerprint density at radius 2 is 1.59 bits per heavy atom. The molecule has 0 aromatic carbocycles. The number of aliphatic hydroxyl groups is 2. The van der Waals surface area contributed by atoms with Crippen molar-refractivity contribution in [3.05, 3.63) is 11.1 Å². The van der Waals surface area contributed by atoms with Crippen LogP contribution in [0.5, 0.6) is 0 Å². The summed E-state index contributed by atoms with van der Waals surface area (Å²) >= 11 is 0. The normalized spacial score (nSPS) is 56.2. The third-order valence-corrected chi connectivity index (χ3v) is 11.2. The van der Waals surface area contributed by atoms with Gasteiger partial charge < -0.3 is 14.9 Å². The number of aliphatic hydroxyl groups excluding tert-OH is 1. The maximum atomic E-state index is 11.9. The van der Waals surface area contributed by atoms with E-state index in [0.717, 1.165) is 12.8 Å². The maximum Gasteiger partial charge on any atom is 0.118 e. The number of ether oxygens (including phenoxy) is 1. The Bertz CT molecular complexity index is 717. The van der Waals surface area contributed by atoms with E-state index < -0.39 is 5.60 Å². The van der Waals surface area contributed by atoms with Crippen molar-refractivity contribution in [2.45, 2.75) is 93.0 Å². The molecule has 1 saturated heterocycles. The molecular weight excluding hydrogens is 575 g/mol. The van der Waals surface area contributed by atoms with E-state index in [1.807, 2.05) is 0 Å². The summed E-state index contributed by atoms with van der Waals surface area (Å²) in [5.41, 5.74) is 1.89. The summed E-state index contributed by atoms with van der Waals surface area (Å²) in [5.74, 6) is 1.78. The summed E-state index contributed by atoms with van der Waals surface area (Å²) in [5, 5.41) is 23.0. The molecule has 2 saturated carbocycles. The predicted octanol–water partition coefficient (Wildman–Crippen LogP) is 4.81. The zero-order valence-corrected chi connectivity index (χ0v) is 24.8. The molecule has 0 amide bonds. The van der Waals surface area contributed by atoms with Gasteiger partial charge in [0.1, 0.15) is 5.60 Å². The Labute approximate surface area is 214 Å². The van der Waals surface area contributed by atoms with E-state index in [4.69, 9.17) is 4.74 Å². The molecule has 0 spiro atoms. The van der Waals surface area contributed by atoms with Crippen LogP contribution in [-0.2, 0) is 4.74 Å². The van der Waals surface area contributed by atoms with E-state index in [0.29, 0.717) is 30.3 Å². The average molecular weight is 618 g/mol. The molecule has 1 radical (unpaired) electrons. The smallest absolute Gasteiger partial charge is 0.118 e. The van der Waals surface area contributed by atoms with Crippen LogP contribution >= 0.6 is 0 Å². The fourth-order valence-corrected chi connectivity index (χ4v) is 8.69. The van der Waals surface area contributed by atoms with E-state index in [1.54, 1.807) is 0 Å².